The van der Waals surface area contributed by atoms with Gasteiger partial charge < -0.3 is 28.8 Å². The summed E-state index contributed by atoms with van der Waals surface area (Å²) in [4.78, 5) is 14.5. The van der Waals surface area contributed by atoms with Crippen LogP contribution in [0.25, 0.3) is 0 Å². The minimum atomic E-state index is -0.516. The molecule has 1 aromatic carbocycles. The fourth-order valence-electron chi connectivity index (χ4n) is 4.29. The normalized spacial score (nSPS) is 22.4. The summed E-state index contributed by atoms with van der Waals surface area (Å²) < 4.78 is 29.4. The molecule has 2 heterocycles. The summed E-state index contributed by atoms with van der Waals surface area (Å²) in [5.74, 6) is 1.46. The van der Waals surface area contributed by atoms with Gasteiger partial charge in [0.1, 0.15) is 17.1 Å². The molecule has 1 amide bonds. The van der Waals surface area contributed by atoms with Gasteiger partial charge in [-0.25, -0.2) is 4.79 Å². The molecule has 190 valence electrons. The van der Waals surface area contributed by atoms with E-state index >= 15 is 0 Å². The molecule has 8 nitrogen and oxygen atoms in total. The molecule has 1 N–H and O–H groups in total. The second-order valence-corrected chi connectivity index (χ2v) is 11.2. The van der Waals surface area contributed by atoms with Crippen molar-refractivity contribution in [1.29, 1.82) is 0 Å². The standard InChI is InChI=1S/C25H41BN2O6/c1-23(2,3)32-22(29)27-18-11-10-12-28(15-18)16-19-20(30-8)13-17(14-21(19)31-9)26-33-24(4,5)25(6,7)34-26/h13-14,18H,10-12,15-16H2,1-9H3,(H,27,29). The van der Waals surface area contributed by atoms with E-state index in [0.29, 0.717) is 6.54 Å². The van der Waals surface area contributed by atoms with Crippen LogP contribution in [0.4, 0.5) is 4.79 Å². The van der Waals surface area contributed by atoms with Gasteiger partial charge in [-0.1, -0.05) is 0 Å². The molecule has 1 atom stereocenters. The lowest BCUT2D eigenvalue weighted by Gasteiger charge is -2.34. The molecule has 0 bridgehead atoms. The highest BCUT2D eigenvalue weighted by molar-refractivity contribution is 6.62. The van der Waals surface area contributed by atoms with E-state index in [-0.39, 0.29) is 12.1 Å². The van der Waals surface area contributed by atoms with E-state index in [1.807, 2.05) is 60.6 Å². The number of ether oxygens (including phenoxy) is 3. The van der Waals surface area contributed by atoms with Crippen molar-refractivity contribution in [3.05, 3.63) is 17.7 Å². The van der Waals surface area contributed by atoms with Crippen molar-refractivity contribution < 1.29 is 28.3 Å². The minimum Gasteiger partial charge on any atom is -0.496 e. The Hall–Kier alpha value is -1.97. The number of benzene rings is 1. The maximum absolute atomic E-state index is 12.2. The number of rotatable bonds is 6. The lowest BCUT2D eigenvalue weighted by atomic mass is 9.78. The number of piperidine rings is 1. The van der Waals surface area contributed by atoms with Gasteiger partial charge in [0, 0.05) is 19.1 Å². The van der Waals surface area contributed by atoms with Crippen LogP contribution in [0.1, 0.15) is 66.9 Å². The van der Waals surface area contributed by atoms with E-state index in [9.17, 15) is 4.79 Å². The first kappa shape index (κ1) is 26.6. The van der Waals surface area contributed by atoms with Gasteiger partial charge in [-0.05, 0) is 85.4 Å². The molecular formula is C25H41BN2O6. The molecule has 0 radical (unpaired) electrons. The fraction of sp³-hybridized carbons (Fsp3) is 0.720. The van der Waals surface area contributed by atoms with Gasteiger partial charge in [0.2, 0.25) is 0 Å². The van der Waals surface area contributed by atoms with Crippen LogP contribution in [0.15, 0.2) is 12.1 Å². The smallest absolute Gasteiger partial charge is 0.495 e. The topological polar surface area (TPSA) is 78.5 Å². The molecule has 2 aliphatic rings. The number of nitrogens with one attached hydrogen (secondary N) is 1. The van der Waals surface area contributed by atoms with E-state index in [2.05, 4.69) is 10.2 Å². The molecule has 0 spiro atoms. The minimum absolute atomic E-state index is 0.0321. The lowest BCUT2D eigenvalue weighted by Crippen LogP contribution is -2.48. The molecule has 2 fully saturated rings. The van der Waals surface area contributed by atoms with Gasteiger partial charge in [-0.3, -0.25) is 4.90 Å². The number of hydrogen-bond donors (Lipinski definition) is 1. The molecule has 2 aliphatic heterocycles. The maximum atomic E-state index is 12.2. The molecule has 1 aromatic rings. The third-order valence-electron chi connectivity index (χ3n) is 6.76. The van der Waals surface area contributed by atoms with Gasteiger partial charge in [0.25, 0.3) is 0 Å². The predicted octanol–water partition coefficient (Wildman–Crippen LogP) is 3.49. The van der Waals surface area contributed by atoms with Crippen LogP contribution in [0.5, 0.6) is 11.5 Å². The van der Waals surface area contributed by atoms with E-state index in [1.54, 1.807) is 14.2 Å². The van der Waals surface area contributed by atoms with Gasteiger partial charge in [-0.15, -0.1) is 0 Å². The first-order valence-corrected chi connectivity index (χ1v) is 12.1. The van der Waals surface area contributed by atoms with Crippen LogP contribution in [0.2, 0.25) is 0 Å². The summed E-state index contributed by atoms with van der Waals surface area (Å²) in [5.41, 5.74) is 0.446. The number of amides is 1. The lowest BCUT2D eigenvalue weighted by molar-refractivity contribution is 0.00578. The molecule has 0 aliphatic carbocycles. The van der Waals surface area contributed by atoms with Crippen molar-refractivity contribution >= 4 is 18.7 Å². The van der Waals surface area contributed by atoms with E-state index in [4.69, 9.17) is 23.5 Å². The number of carbonyl (C=O) groups is 1. The summed E-state index contributed by atoms with van der Waals surface area (Å²) >= 11 is 0. The van der Waals surface area contributed by atoms with Crippen molar-refractivity contribution in [3.8, 4) is 11.5 Å². The van der Waals surface area contributed by atoms with Gasteiger partial charge >= 0.3 is 13.2 Å². The number of hydrogen-bond acceptors (Lipinski definition) is 7. The Bertz CT molecular complexity index is 842. The molecule has 9 heteroatoms. The highest BCUT2D eigenvalue weighted by Gasteiger charge is 2.52. The summed E-state index contributed by atoms with van der Waals surface area (Å²) in [6, 6.07) is 3.98. The Morgan fingerprint density at radius 1 is 1.12 bits per heavy atom. The number of nitrogens with zero attached hydrogens (tertiary/aromatic N) is 1. The largest absolute Gasteiger partial charge is 0.496 e. The Kier molecular flexibility index (Phi) is 7.80. The van der Waals surface area contributed by atoms with E-state index < -0.39 is 23.9 Å². The molecule has 0 aromatic heterocycles. The van der Waals surface area contributed by atoms with Crippen molar-refractivity contribution in [1.82, 2.24) is 10.2 Å². The summed E-state index contributed by atoms with van der Waals surface area (Å²) in [6.07, 6.45) is 1.53. The Balaban J connectivity index is 1.75. The summed E-state index contributed by atoms with van der Waals surface area (Å²) in [6.45, 7) is 16.0. The van der Waals surface area contributed by atoms with Gasteiger partial charge in [-0.2, -0.15) is 0 Å². The van der Waals surface area contributed by atoms with Crippen LogP contribution in [0.3, 0.4) is 0 Å². The number of alkyl carbamates (subject to hydrolysis) is 1. The molecule has 2 saturated heterocycles. The third-order valence-corrected chi connectivity index (χ3v) is 6.76. The summed E-state index contributed by atoms with van der Waals surface area (Å²) in [7, 11) is 2.82. The second-order valence-electron chi connectivity index (χ2n) is 11.2. The Labute approximate surface area is 204 Å². The average Bonchev–Trinajstić information content (AvgIpc) is 2.94. The number of carbonyl (C=O) groups excluding carboxylic acids is 1. The van der Waals surface area contributed by atoms with Crippen LogP contribution in [-0.2, 0) is 20.6 Å². The van der Waals surface area contributed by atoms with Crippen molar-refractivity contribution in [2.75, 3.05) is 27.3 Å². The van der Waals surface area contributed by atoms with Crippen molar-refractivity contribution in [3.63, 3.8) is 0 Å². The SMILES string of the molecule is COc1cc(B2OC(C)(C)C(C)(C)O2)cc(OC)c1CN1CCCC(NC(=O)OC(C)(C)C)C1. The fourth-order valence-corrected chi connectivity index (χ4v) is 4.29. The summed E-state index contributed by atoms with van der Waals surface area (Å²) in [5, 5.41) is 3.01. The van der Waals surface area contributed by atoms with Crippen LogP contribution in [0, 0.1) is 0 Å². The molecular weight excluding hydrogens is 435 g/mol. The molecule has 1 unspecified atom stereocenters. The highest BCUT2D eigenvalue weighted by Crippen LogP contribution is 2.38. The second kappa shape index (κ2) is 9.95. The quantitative estimate of drug-likeness (QED) is 0.630. The monoisotopic (exact) mass is 476 g/mol. The zero-order chi connectivity index (χ0) is 25.3. The highest BCUT2D eigenvalue weighted by atomic mass is 16.7. The van der Waals surface area contributed by atoms with E-state index in [0.717, 1.165) is 48.5 Å². The number of methoxy groups -OCH3 is 2. The first-order valence-electron chi connectivity index (χ1n) is 12.1. The Morgan fingerprint density at radius 2 is 1.68 bits per heavy atom. The van der Waals surface area contributed by atoms with Gasteiger partial charge in [0.05, 0.1) is 31.0 Å². The molecule has 3 rings (SSSR count). The zero-order valence-corrected chi connectivity index (χ0v) is 22.2. The van der Waals surface area contributed by atoms with Crippen LogP contribution < -0.4 is 20.3 Å². The first-order chi connectivity index (χ1) is 15.7. The van der Waals surface area contributed by atoms with E-state index in [1.165, 1.54) is 0 Å². The molecule has 34 heavy (non-hydrogen) atoms. The van der Waals surface area contributed by atoms with Crippen LogP contribution in [-0.4, -0.2) is 68.3 Å². The zero-order valence-electron chi connectivity index (χ0n) is 22.2. The van der Waals surface area contributed by atoms with Crippen molar-refractivity contribution in [2.24, 2.45) is 0 Å². The molecule has 0 saturated carbocycles. The number of likely N-dealkylation sites (tertiary alicyclic amines) is 1. The average molecular weight is 476 g/mol. The maximum Gasteiger partial charge on any atom is 0.495 e. The van der Waals surface area contributed by atoms with Gasteiger partial charge in [0.15, 0.2) is 0 Å². The van der Waals surface area contributed by atoms with Crippen molar-refractivity contribution in [2.45, 2.75) is 90.7 Å². The predicted molar refractivity (Wildman–Crippen MR) is 133 cm³/mol. The Morgan fingerprint density at radius 3 is 2.18 bits per heavy atom. The third kappa shape index (κ3) is 6.17. The van der Waals surface area contributed by atoms with Crippen LogP contribution >= 0.6 is 0 Å².